The van der Waals surface area contributed by atoms with E-state index < -0.39 is 11.9 Å². The number of carboxylic acids is 1. The normalized spacial score (nSPS) is 10.2. The number of anilines is 1. The quantitative estimate of drug-likeness (QED) is 0.901. The van der Waals surface area contributed by atoms with E-state index in [1.807, 2.05) is 0 Å². The third-order valence-corrected chi connectivity index (χ3v) is 3.25. The molecule has 0 bridgehead atoms. The van der Waals surface area contributed by atoms with Gasteiger partial charge in [0.05, 0.1) is 16.5 Å². The molecule has 0 aliphatic carbocycles. The number of aromatic carboxylic acids is 1. The van der Waals surface area contributed by atoms with Gasteiger partial charge in [-0.3, -0.25) is 4.79 Å². The van der Waals surface area contributed by atoms with Crippen LogP contribution in [0.5, 0.6) is 0 Å². The molecule has 2 N–H and O–H groups in total. The summed E-state index contributed by atoms with van der Waals surface area (Å²) in [6, 6.07) is 4.80. The Balaban J connectivity index is 2.12. The molecule has 8 heteroatoms. The molecule has 1 amide bonds. The fourth-order valence-electron chi connectivity index (χ4n) is 1.60. The average Bonchev–Trinajstić information content (AvgIpc) is 2.43. The van der Waals surface area contributed by atoms with Gasteiger partial charge in [-0.1, -0.05) is 29.3 Å². The summed E-state index contributed by atoms with van der Waals surface area (Å²) in [6.45, 7) is 0. The predicted octanol–water partition coefficient (Wildman–Crippen LogP) is 2.66. The number of nitrogens with zero attached hydrogens (tertiary/aromatic N) is 2. The predicted molar refractivity (Wildman–Crippen MR) is 77.8 cm³/mol. The van der Waals surface area contributed by atoms with Crippen LogP contribution in [-0.4, -0.2) is 27.0 Å². The van der Waals surface area contributed by atoms with Crippen molar-refractivity contribution in [3.05, 3.63) is 51.9 Å². The number of halogens is 2. The van der Waals surface area contributed by atoms with E-state index in [2.05, 4.69) is 15.3 Å². The highest BCUT2D eigenvalue weighted by Gasteiger charge is 2.15. The Kier molecular flexibility index (Phi) is 4.72. The van der Waals surface area contributed by atoms with Crippen molar-refractivity contribution in [3.63, 3.8) is 0 Å². The highest BCUT2D eigenvalue weighted by Crippen LogP contribution is 2.23. The molecule has 108 valence electrons. The Morgan fingerprint density at radius 2 is 1.86 bits per heavy atom. The van der Waals surface area contributed by atoms with E-state index >= 15 is 0 Å². The monoisotopic (exact) mass is 325 g/mol. The van der Waals surface area contributed by atoms with Crippen LogP contribution < -0.4 is 5.32 Å². The SMILES string of the molecule is O=C(Cc1ccc(Cl)c(Cl)c1)Nc1nccnc1C(=O)O. The van der Waals surface area contributed by atoms with Gasteiger partial charge in [0.15, 0.2) is 11.5 Å². The van der Waals surface area contributed by atoms with Crippen LogP contribution in [0.4, 0.5) is 5.82 Å². The molecule has 0 saturated carbocycles. The second-order valence-electron chi connectivity index (χ2n) is 4.03. The first-order valence-electron chi connectivity index (χ1n) is 5.75. The number of benzene rings is 1. The molecule has 0 unspecified atom stereocenters. The van der Waals surface area contributed by atoms with Crippen molar-refractivity contribution in [1.29, 1.82) is 0 Å². The molecule has 1 aromatic heterocycles. The molecule has 0 aliphatic rings. The third kappa shape index (κ3) is 3.90. The van der Waals surface area contributed by atoms with Crippen LogP contribution in [0.25, 0.3) is 0 Å². The number of hydrogen-bond acceptors (Lipinski definition) is 4. The first-order chi connectivity index (χ1) is 9.97. The smallest absolute Gasteiger partial charge is 0.358 e. The summed E-state index contributed by atoms with van der Waals surface area (Å²) in [5, 5.41) is 12.1. The topological polar surface area (TPSA) is 92.2 Å². The van der Waals surface area contributed by atoms with Gasteiger partial charge >= 0.3 is 5.97 Å². The molecule has 1 heterocycles. The van der Waals surface area contributed by atoms with Crippen LogP contribution in [0.2, 0.25) is 10.0 Å². The maximum absolute atomic E-state index is 11.9. The molecule has 2 aromatic rings. The van der Waals surface area contributed by atoms with Gasteiger partial charge in [0, 0.05) is 12.4 Å². The lowest BCUT2D eigenvalue weighted by Gasteiger charge is -2.07. The van der Waals surface area contributed by atoms with Gasteiger partial charge in [0.1, 0.15) is 0 Å². The molecule has 0 spiro atoms. The summed E-state index contributed by atoms with van der Waals surface area (Å²) < 4.78 is 0. The molecule has 1 aromatic carbocycles. The van der Waals surface area contributed by atoms with Crippen molar-refractivity contribution < 1.29 is 14.7 Å². The summed E-state index contributed by atoms with van der Waals surface area (Å²) in [6.07, 6.45) is 2.53. The van der Waals surface area contributed by atoms with Crippen molar-refractivity contribution in [1.82, 2.24) is 9.97 Å². The van der Waals surface area contributed by atoms with Gasteiger partial charge in [0.2, 0.25) is 5.91 Å². The maximum atomic E-state index is 11.9. The van der Waals surface area contributed by atoms with E-state index in [1.165, 1.54) is 12.4 Å². The molecular weight excluding hydrogens is 317 g/mol. The van der Waals surface area contributed by atoms with Gasteiger partial charge < -0.3 is 10.4 Å². The average molecular weight is 326 g/mol. The molecule has 0 atom stereocenters. The number of nitrogens with one attached hydrogen (secondary N) is 1. The summed E-state index contributed by atoms with van der Waals surface area (Å²) in [7, 11) is 0. The second kappa shape index (κ2) is 6.51. The molecule has 0 aliphatic heterocycles. The second-order valence-corrected chi connectivity index (χ2v) is 4.85. The van der Waals surface area contributed by atoms with E-state index in [1.54, 1.807) is 18.2 Å². The number of carbonyl (C=O) groups excluding carboxylic acids is 1. The van der Waals surface area contributed by atoms with Gasteiger partial charge in [-0.25, -0.2) is 14.8 Å². The fraction of sp³-hybridized carbons (Fsp3) is 0.0769. The lowest BCUT2D eigenvalue weighted by Crippen LogP contribution is -2.18. The molecular formula is C13H9Cl2N3O3. The highest BCUT2D eigenvalue weighted by atomic mass is 35.5. The van der Waals surface area contributed by atoms with Crippen LogP contribution >= 0.6 is 23.2 Å². The zero-order chi connectivity index (χ0) is 15.4. The van der Waals surface area contributed by atoms with Gasteiger partial charge in [-0.15, -0.1) is 0 Å². The van der Waals surface area contributed by atoms with Crippen LogP contribution in [-0.2, 0) is 11.2 Å². The van der Waals surface area contributed by atoms with Crippen molar-refractivity contribution >= 4 is 40.9 Å². The van der Waals surface area contributed by atoms with E-state index in [4.69, 9.17) is 28.3 Å². The van der Waals surface area contributed by atoms with E-state index in [-0.39, 0.29) is 17.9 Å². The number of rotatable bonds is 4. The highest BCUT2D eigenvalue weighted by molar-refractivity contribution is 6.42. The molecule has 0 radical (unpaired) electrons. The van der Waals surface area contributed by atoms with Gasteiger partial charge in [0.25, 0.3) is 0 Å². The molecule has 6 nitrogen and oxygen atoms in total. The molecule has 0 fully saturated rings. The van der Waals surface area contributed by atoms with Crippen molar-refractivity contribution in [2.24, 2.45) is 0 Å². The lowest BCUT2D eigenvalue weighted by molar-refractivity contribution is -0.115. The minimum Gasteiger partial charge on any atom is -0.476 e. The third-order valence-electron chi connectivity index (χ3n) is 2.51. The van der Waals surface area contributed by atoms with Crippen molar-refractivity contribution in [2.75, 3.05) is 5.32 Å². The summed E-state index contributed by atoms with van der Waals surface area (Å²) in [4.78, 5) is 30.3. The molecule has 21 heavy (non-hydrogen) atoms. The van der Waals surface area contributed by atoms with E-state index in [0.29, 0.717) is 15.6 Å². The first kappa shape index (κ1) is 15.2. The first-order valence-corrected chi connectivity index (χ1v) is 6.51. The van der Waals surface area contributed by atoms with Crippen LogP contribution in [0.3, 0.4) is 0 Å². The van der Waals surface area contributed by atoms with Gasteiger partial charge in [-0.2, -0.15) is 0 Å². The summed E-state index contributed by atoms with van der Waals surface area (Å²) >= 11 is 11.6. The molecule has 0 saturated heterocycles. The Morgan fingerprint density at radius 1 is 1.14 bits per heavy atom. The van der Waals surface area contributed by atoms with Crippen LogP contribution in [0, 0.1) is 0 Å². The van der Waals surface area contributed by atoms with Crippen molar-refractivity contribution in [3.8, 4) is 0 Å². The minimum atomic E-state index is -1.27. The number of carboxylic acid groups (broad SMARTS) is 1. The Morgan fingerprint density at radius 3 is 2.52 bits per heavy atom. The minimum absolute atomic E-state index is 0.00647. The lowest BCUT2D eigenvalue weighted by atomic mass is 10.1. The number of hydrogen-bond donors (Lipinski definition) is 2. The van der Waals surface area contributed by atoms with Gasteiger partial charge in [-0.05, 0) is 17.7 Å². The fourth-order valence-corrected chi connectivity index (χ4v) is 1.92. The summed E-state index contributed by atoms with van der Waals surface area (Å²) in [5.41, 5.74) is 0.322. The number of aromatic nitrogens is 2. The zero-order valence-electron chi connectivity index (χ0n) is 10.5. The van der Waals surface area contributed by atoms with Crippen LogP contribution in [0.15, 0.2) is 30.6 Å². The van der Waals surface area contributed by atoms with E-state index in [0.717, 1.165) is 0 Å². The largest absolute Gasteiger partial charge is 0.476 e. The summed E-state index contributed by atoms with van der Waals surface area (Å²) in [5.74, 6) is -1.81. The Bertz CT molecular complexity index is 707. The Labute approximate surface area is 129 Å². The van der Waals surface area contributed by atoms with E-state index in [9.17, 15) is 9.59 Å². The standard InChI is InChI=1S/C13H9Cl2N3O3/c14-8-2-1-7(5-9(8)15)6-10(19)18-12-11(13(20)21)16-3-4-17-12/h1-5H,6H2,(H,20,21)(H,17,18,19). The zero-order valence-corrected chi connectivity index (χ0v) is 12.0. The Hall–Kier alpha value is -2.18. The maximum Gasteiger partial charge on any atom is 0.358 e. The van der Waals surface area contributed by atoms with Crippen LogP contribution in [0.1, 0.15) is 16.1 Å². The molecule has 2 rings (SSSR count). The number of carbonyl (C=O) groups is 2. The van der Waals surface area contributed by atoms with Crippen molar-refractivity contribution in [2.45, 2.75) is 6.42 Å². The number of amides is 1.